The molecule has 96 valence electrons. The molecule has 2 aliphatic carbocycles. The van der Waals surface area contributed by atoms with Crippen LogP contribution in [0.5, 0.6) is 0 Å². The van der Waals surface area contributed by atoms with Gasteiger partial charge in [0.1, 0.15) is 0 Å². The fraction of sp³-hybridized carbons (Fsp3) is 0.846. The molecular weight excluding hydrogens is 218 g/mol. The van der Waals surface area contributed by atoms with Gasteiger partial charge < -0.3 is 10.4 Å². The number of hydrogen-bond donors (Lipinski definition) is 2. The monoisotopic (exact) mass is 239 g/mol. The first kappa shape index (κ1) is 12.4. The summed E-state index contributed by atoms with van der Waals surface area (Å²) in [6, 6.07) is 0.250. The number of nitrogens with one attached hydrogen (secondary N) is 1. The zero-order valence-corrected chi connectivity index (χ0v) is 10.3. The molecule has 0 spiro atoms. The van der Waals surface area contributed by atoms with Crippen LogP contribution in [0.4, 0.5) is 0 Å². The molecule has 2 saturated carbocycles. The van der Waals surface area contributed by atoms with E-state index >= 15 is 0 Å². The van der Waals surface area contributed by atoms with E-state index < -0.39 is 11.9 Å². The SMILES string of the molecule is CC1CCCCCC1NC(=O)[C@@H]1C[C@@H]1C(=O)O. The molecule has 2 aliphatic rings. The molecule has 0 aliphatic heterocycles. The molecule has 0 saturated heterocycles. The van der Waals surface area contributed by atoms with E-state index in [0.29, 0.717) is 12.3 Å². The molecule has 0 aromatic carbocycles. The number of hydrogen-bond acceptors (Lipinski definition) is 2. The van der Waals surface area contributed by atoms with Gasteiger partial charge in [0.05, 0.1) is 11.8 Å². The van der Waals surface area contributed by atoms with Gasteiger partial charge in [0.15, 0.2) is 0 Å². The maximum atomic E-state index is 11.9. The molecule has 4 nitrogen and oxygen atoms in total. The van der Waals surface area contributed by atoms with Crippen molar-refractivity contribution in [3.05, 3.63) is 0 Å². The first-order chi connectivity index (χ1) is 8.09. The number of rotatable bonds is 3. The molecule has 0 aromatic rings. The Balaban J connectivity index is 1.83. The highest BCUT2D eigenvalue weighted by molar-refractivity contribution is 5.89. The Kier molecular flexibility index (Phi) is 3.69. The quantitative estimate of drug-likeness (QED) is 0.738. The molecule has 0 radical (unpaired) electrons. The molecular formula is C13H21NO3. The number of carbonyl (C=O) groups is 2. The number of amides is 1. The van der Waals surface area contributed by atoms with Crippen molar-refractivity contribution >= 4 is 11.9 Å². The predicted molar refractivity (Wildman–Crippen MR) is 63.4 cm³/mol. The van der Waals surface area contributed by atoms with E-state index in [0.717, 1.165) is 12.8 Å². The summed E-state index contributed by atoms with van der Waals surface area (Å²) in [6.45, 7) is 2.18. The standard InChI is InChI=1S/C13H21NO3/c1-8-5-3-2-4-6-11(8)14-12(15)9-7-10(9)13(16)17/h8-11H,2-7H2,1H3,(H,14,15)(H,16,17)/t8?,9-,10+,11?/m1/s1. The highest BCUT2D eigenvalue weighted by Gasteiger charge is 2.48. The van der Waals surface area contributed by atoms with Crippen molar-refractivity contribution in [2.75, 3.05) is 0 Å². The Bertz CT molecular complexity index is 316. The van der Waals surface area contributed by atoms with Crippen LogP contribution in [0.25, 0.3) is 0 Å². The van der Waals surface area contributed by atoms with Gasteiger partial charge in [-0.1, -0.05) is 26.2 Å². The fourth-order valence-corrected chi connectivity index (χ4v) is 2.75. The van der Waals surface area contributed by atoms with Gasteiger partial charge in [-0.05, 0) is 25.2 Å². The first-order valence-electron chi connectivity index (χ1n) is 6.62. The second kappa shape index (κ2) is 5.07. The number of carboxylic acids is 1. The lowest BCUT2D eigenvalue weighted by molar-refractivity contribution is -0.140. The smallest absolute Gasteiger partial charge is 0.307 e. The number of carbonyl (C=O) groups excluding carboxylic acids is 1. The molecule has 2 unspecified atom stereocenters. The minimum atomic E-state index is -0.834. The molecule has 2 N–H and O–H groups in total. The zero-order valence-electron chi connectivity index (χ0n) is 10.3. The second-order valence-corrected chi connectivity index (χ2v) is 5.52. The van der Waals surface area contributed by atoms with Crippen LogP contribution < -0.4 is 5.32 Å². The largest absolute Gasteiger partial charge is 0.481 e. The minimum absolute atomic E-state index is 0.0452. The summed E-state index contributed by atoms with van der Waals surface area (Å²) >= 11 is 0. The van der Waals surface area contributed by atoms with Crippen LogP contribution in [0.15, 0.2) is 0 Å². The van der Waals surface area contributed by atoms with Crippen LogP contribution in [0, 0.1) is 17.8 Å². The van der Waals surface area contributed by atoms with Gasteiger partial charge in [0.25, 0.3) is 0 Å². The lowest BCUT2D eigenvalue weighted by atomic mass is 9.97. The molecule has 2 rings (SSSR count). The summed E-state index contributed by atoms with van der Waals surface area (Å²) in [7, 11) is 0. The maximum absolute atomic E-state index is 11.9. The lowest BCUT2D eigenvalue weighted by Gasteiger charge is -2.22. The zero-order chi connectivity index (χ0) is 12.4. The van der Waals surface area contributed by atoms with Crippen molar-refractivity contribution < 1.29 is 14.7 Å². The maximum Gasteiger partial charge on any atom is 0.307 e. The van der Waals surface area contributed by atoms with Crippen LogP contribution in [0.2, 0.25) is 0 Å². The Morgan fingerprint density at radius 2 is 1.82 bits per heavy atom. The van der Waals surface area contributed by atoms with Gasteiger partial charge in [0.2, 0.25) is 5.91 Å². The minimum Gasteiger partial charge on any atom is -0.481 e. The highest BCUT2D eigenvalue weighted by atomic mass is 16.4. The van der Waals surface area contributed by atoms with Crippen LogP contribution >= 0.6 is 0 Å². The van der Waals surface area contributed by atoms with Gasteiger partial charge in [-0.2, -0.15) is 0 Å². The van der Waals surface area contributed by atoms with Crippen LogP contribution in [-0.2, 0) is 9.59 Å². The topological polar surface area (TPSA) is 66.4 Å². The molecule has 4 atom stereocenters. The predicted octanol–water partition coefficient (Wildman–Crippen LogP) is 1.79. The summed E-state index contributed by atoms with van der Waals surface area (Å²) in [4.78, 5) is 22.6. The number of aliphatic carboxylic acids is 1. The third-order valence-electron chi connectivity index (χ3n) is 4.13. The van der Waals surface area contributed by atoms with Crippen molar-refractivity contribution in [2.45, 2.75) is 51.5 Å². The number of carboxylic acid groups (broad SMARTS) is 1. The van der Waals surface area contributed by atoms with E-state index in [9.17, 15) is 9.59 Å². The van der Waals surface area contributed by atoms with Crippen molar-refractivity contribution in [2.24, 2.45) is 17.8 Å². The van der Waals surface area contributed by atoms with Crippen LogP contribution in [0.3, 0.4) is 0 Å². The van der Waals surface area contributed by atoms with Gasteiger partial charge in [0, 0.05) is 6.04 Å². The third kappa shape index (κ3) is 2.99. The van der Waals surface area contributed by atoms with Gasteiger partial charge >= 0.3 is 5.97 Å². The summed E-state index contributed by atoms with van der Waals surface area (Å²) in [5, 5.41) is 11.8. The Morgan fingerprint density at radius 1 is 1.12 bits per heavy atom. The second-order valence-electron chi connectivity index (χ2n) is 5.52. The van der Waals surface area contributed by atoms with E-state index in [1.165, 1.54) is 19.3 Å². The average molecular weight is 239 g/mol. The molecule has 1 amide bonds. The summed E-state index contributed by atoms with van der Waals surface area (Å²) in [5.74, 6) is -1.07. The first-order valence-corrected chi connectivity index (χ1v) is 6.62. The molecule has 17 heavy (non-hydrogen) atoms. The molecule has 2 fully saturated rings. The van der Waals surface area contributed by atoms with E-state index in [1.807, 2.05) is 0 Å². The van der Waals surface area contributed by atoms with Crippen LogP contribution in [-0.4, -0.2) is 23.0 Å². The molecule has 0 bridgehead atoms. The van der Waals surface area contributed by atoms with Gasteiger partial charge in [-0.25, -0.2) is 0 Å². The Morgan fingerprint density at radius 3 is 2.47 bits per heavy atom. The van der Waals surface area contributed by atoms with Crippen molar-refractivity contribution in [1.82, 2.24) is 5.32 Å². The Labute approximate surface area is 102 Å². The van der Waals surface area contributed by atoms with Crippen molar-refractivity contribution in [3.8, 4) is 0 Å². The molecule has 0 heterocycles. The summed E-state index contributed by atoms with van der Waals surface area (Å²) < 4.78 is 0. The van der Waals surface area contributed by atoms with Crippen molar-refractivity contribution in [1.29, 1.82) is 0 Å². The lowest BCUT2D eigenvalue weighted by Crippen LogP contribution is -2.40. The summed E-state index contributed by atoms with van der Waals surface area (Å²) in [6.07, 6.45) is 6.38. The third-order valence-corrected chi connectivity index (χ3v) is 4.13. The normalized spacial score (nSPS) is 37.0. The van der Waals surface area contributed by atoms with E-state index in [-0.39, 0.29) is 17.9 Å². The highest BCUT2D eigenvalue weighted by Crippen LogP contribution is 2.39. The Hall–Kier alpha value is -1.06. The van der Waals surface area contributed by atoms with Gasteiger partial charge in [-0.3, -0.25) is 9.59 Å². The van der Waals surface area contributed by atoms with Crippen LogP contribution in [0.1, 0.15) is 45.4 Å². The molecule has 4 heteroatoms. The van der Waals surface area contributed by atoms with Gasteiger partial charge in [-0.15, -0.1) is 0 Å². The average Bonchev–Trinajstić information content (AvgIpc) is 3.05. The van der Waals surface area contributed by atoms with E-state index in [2.05, 4.69) is 12.2 Å². The fourth-order valence-electron chi connectivity index (χ4n) is 2.75. The van der Waals surface area contributed by atoms with Crippen molar-refractivity contribution in [3.63, 3.8) is 0 Å². The van der Waals surface area contributed by atoms with E-state index in [1.54, 1.807) is 0 Å². The molecule has 0 aromatic heterocycles. The van der Waals surface area contributed by atoms with E-state index in [4.69, 9.17) is 5.11 Å². The summed E-state index contributed by atoms with van der Waals surface area (Å²) in [5.41, 5.74) is 0.